The van der Waals surface area contributed by atoms with Crippen molar-refractivity contribution >= 4 is 0 Å². The van der Waals surface area contributed by atoms with Crippen LogP contribution in [0.5, 0.6) is 5.75 Å². The summed E-state index contributed by atoms with van der Waals surface area (Å²) in [4.78, 5) is 0. The lowest BCUT2D eigenvalue weighted by molar-refractivity contribution is 0.314. The Balaban J connectivity index is 2.31. The maximum Gasteiger partial charge on any atom is 0.201 e. The number of benzene rings is 2. The molecular formula is C17H14F2O. The van der Waals surface area contributed by atoms with Gasteiger partial charge in [-0.2, -0.15) is 4.39 Å². The minimum absolute atomic E-state index is 0.0199. The second-order valence-electron chi connectivity index (χ2n) is 4.29. The summed E-state index contributed by atoms with van der Waals surface area (Å²) >= 11 is 0. The number of rotatable bonds is 2. The summed E-state index contributed by atoms with van der Waals surface area (Å²) in [6.45, 7) is 3.96. The summed E-state index contributed by atoms with van der Waals surface area (Å²) in [6, 6.07) is 10.3. The summed E-state index contributed by atoms with van der Waals surface area (Å²) in [6.07, 6.45) is 0. The molecule has 0 aliphatic carbocycles. The molecule has 102 valence electrons. The Labute approximate surface area is 117 Å². The first-order valence-electron chi connectivity index (χ1n) is 6.31. The minimum Gasteiger partial charge on any atom is -0.491 e. The van der Waals surface area contributed by atoms with E-state index in [0.717, 1.165) is 11.1 Å². The van der Waals surface area contributed by atoms with Crippen LogP contribution in [0.25, 0.3) is 0 Å². The average Bonchev–Trinajstić information content (AvgIpc) is 2.45. The summed E-state index contributed by atoms with van der Waals surface area (Å²) < 4.78 is 32.4. The van der Waals surface area contributed by atoms with E-state index in [2.05, 4.69) is 11.8 Å². The van der Waals surface area contributed by atoms with Crippen LogP contribution >= 0.6 is 0 Å². The van der Waals surface area contributed by atoms with Crippen molar-refractivity contribution in [1.29, 1.82) is 0 Å². The highest BCUT2D eigenvalue weighted by Gasteiger charge is 2.12. The molecule has 0 amide bonds. The van der Waals surface area contributed by atoms with Crippen LogP contribution in [0.4, 0.5) is 8.78 Å². The number of halogens is 2. The highest BCUT2D eigenvalue weighted by Crippen LogP contribution is 2.22. The second-order valence-corrected chi connectivity index (χ2v) is 4.29. The smallest absolute Gasteiger partial charge is 0.201 e. The summed E-state index contributed by atoms with van der Waals surface area (Å²) in [7, 11) is 0. The van der Waals surface area contributed by atoms with Crippen molar-refractivity contribution in [2.24, 2.45) is 0 Å². The van der Waals surface area contributed by atoms with Gasteiger partial charge in [-0.15, -0.1) is 0 Å². The molecule has 20 heavy (non-hydrogen) atoms. The fourth-order valence-electron chi connectivity index (χ4n) is 1.67. The molecule has 2 aromatic rings. The van der Waals surface area contributed by atoms with Gasteiger partial charge in [0, 0.05) is 5.56 Å². The highest BCUT2D eigenvalue weighted by molar-refractivity contribution is 5.46. The standard InChI is InChI=1S/C17H14F2O/c1-3-20-15-11-10-14(16(18)17(15)19)9-8-13-6-4-12(2)5-7-13/h4-7,10-11H,3H2,1-2H3. The lowest BCUT2D eigenvalue weighted by Gasteiger charge is -2.05. The Morgan fingerprint density at radius 2 is 1.65 bits per heavy atom. The van der Waals surface area contributed by atoms with E-state index < -0.39 is 11.6 Å². The number of ether oxygens (including phenoxy) is 1. The molecule has 0 aliphatic rings. The van der Waals surface area contributed by atoms with Crippen molar-refractivity contribution in [3.63, 3.8) is 0 Å². The highest BCUT2D eigenvalue weighted by atomic mass is 19.2. The van der Waals surface area contributed by atoms with Crippen LogP contribution < -0.4 is 4.74 Å². The van der Waals surface area contributed by atoms with Gasteiger partial charge >= 0.3 is 0 Å². The summed E-state index contributed by atoms with van der Waals surface area (Å²) in [5, 5.41) is 0. The van der Waals surface area contributed by atoms with E-state index in [0.29, 0.717) is 0 Å². The maximum atomic E-state index is 13.8. The quantitative estimate of drug-likeness (QED) is 0.749. The molecule has 0 aliphatic heterocycles. The first kappa shape index (κ1) is 14.1. The molecule has 0 radical (unpaired) electrons. The summed E-state index contributed by atoms with van der Waals surface area (Å²) in [5.41, 5.74) is 1.89. The lowest BCUT2D eigenvalue weighted by atomic mass is 10.1. The SMILES string of the molecule is CCOc1ccc(C#Cc2ccc(C)cc2)c(F)c1F. The van der Waals surface area contributed by atoms with Gasteiger partial charge in [0.15, 0.2) is 11.6 Å². The molecule has 0 saturated heterocycles. The third-order valence-corrected chi connectivity index (χ3v) is 2.74. The van der Waals surface area contributed by atoms with Gasteiger partial charge in [0.05, 0.1) is 12.2 Å². The predicted octanol–water partition coefficient (Wildman–Crippen LogP) is 4.07. The predicted molar refractivity (Wildman–Crippen MR) is 74.7 cm³/mol. The van der Waals surface area contributed by atoms with Gasteiger partial charge in [0.25, 0.3) is 0 Å². The van der Waals surface area contributed by atoms with Gasteiger partial charge in [0.2, 0.25) is 5.82 Å². The Kier molecular flexibility index (Phi) is 4.37. The molecule has 0 bridgehead atoms. The average molecular weight is 272 g/mol. The Bertz CT molecular complexity index is 664. The zero-order valence-electron chi connectivity index (χ0n) is 11.3. The molecule has 3 heteroatoms. The van der Waals surface area contributed by atoms with E-state index in [9.17, 15) is 8.78 Å². The Morgan fingerprint density at radius 1 is 0.950 bits per heavy atom. The molecule has 2 aromatic carbocycles. The Hall–Kier alpha value is -2.34. The minimum atomic E-state index is -0.998. The molecule has 0 heterocycles. The van der Waals surface area contributed by atoms with Gasteiger partial charge in [-0.3, -0.25) is 0 Å². The number of hydrogen-bond donors (Lipinski definition) is 0. The van der Waals surface area contributed by atoms with Gasteiger partial charge in [-0.25, -0.2) is 4.39 Å². The third kappa shape index (κ3) is 3.16. The molecular weight excluding hydrogens is 258 g/mol. The fraction of sp³-hybridized carbons (Fsp3) is 0.176. The molecule has 0 N–H and O–H groups in total. The molecule has 0 fully saturated rings. The Morgan fingerprint density at radius 3 is 2.30 bits per heavy atom. The van der Waals surface area contributed by atoms with Crippen molar-refractivity contribution in [2.75, 3.05) is 6.61 Å². The lowest BCUT2D eigenvalue weighted by Crippen LogP contribution is -1.98. The number of hydrogen-bond acceptors (Lipinski definition) is 1. The molecule has 1 nitrogen and oxygen atoms in total. The molecule has 0 atom stereocenters. The van der Waals surface area contributed by atoms with Crippen LogP contribution in [0.1, 0.15) is 23.6 Å². The molecule has 0 spiro atoms. The van der Waals surface area contributed by atoms with Crippen LogP contribution in [0.2, 0.25) is 0 Å². The van der Waals surface area contributed by atoms with Crippen LogP contribution in [0.3, 0.4) is 0 Å². The largest absolute Gasteiger partial charge is 0.491 e. The second kappa shape index (κ2) is 6.21. The van der Waals surface area contributed by atoms with Crippen LogP contribution in [-0.4, -0.2) is 6.61 Å². The zero-order chi connectivity index (χ0) is 14.5. The normalized spacial score (nSPS) is 9.80. The van der Waals surface area contributed by atoms with Gasteiger partial charge < -0.3 is 4.74 Å². The van der Waals surface area contributed by atoms with Crippen molar-refractivity contribution in [1.82, 2.24) is 0 Å². The van der Waals surface area contributed by atoms with Crippen LogP contribution in [0, 0.1) is 30.4 Å². The maximum absolute atomic E-state index is 13.8. The van der Waals surface area contributed by atoms with E-state index in [1.807, 2.05) is 31.2 Å². The van der Waals surface area contributed by atoms with Gasteiger partial charge in [0.1, 0.15) is 0 Å². The monoisotopic (exact) mass is 272 g/mol. The van der Waals surface area contributed by atoms with E-state index in [-0.39, 0.29) is 17.9 Å². The summed E-state index contributed by atoms with van der Waals surface area (Å²) in [5.74, 6) is 3.38. The third-order valence-electron chi connectivity index (χ3n) is 2.74. The zero-order valence-corrected chi connectivity index (χ0v) is 11.3. The first-order valence-corrected chi connectivity index (χ1v) is 6.31. The van der Waals surface area contributed by atoms with Crippen molar-refractivity contribution in [3.05, 3.63) is 64.7 Å². The van der Waals surface area contributed by atoms with E-state index in [1.54, 1.807) is 6.92 Å². The van der Waals surface area contributed by atoms with E-state index in [1.165, 1.54) is 12.1 Å². The van der Waals surface area contributed by atoms with Crippen molar-refractivity contribution in [3.8, 4) is 17.6 Å². The first-order chi connectivity index (χ1) is 9.61. The van der Waals surface area contributed by atoms with E-state index >= 15 is 0 Å². The van der Waals surface area contributed by atoms with Crippen molar-refractivity contribution < 1.29 is 13.5 Å². The molecule has 0 aromatic heterocycles. The topological polar surface area (TPSA) is 9.23 Å². The van der Waals surface area contributed by atoms with Crippen LogP contribution in [-0.2, 0) is 0 Å². The van der Waals surface area contributed by atoms with Gasteiger partial charge in [-0.05, 0) is 38.1 Å². The number of aryl methyl sites for hydroxylation is 1. The molecule has 2 rings (SSSR count). The van der Waals surface area contributed by atoms with Crippen molar-refractivity contribution in [2.45, 2.75) is 13.8 Å². The van der Waals surface area contributed by atoms with Crippen LogP contribution in [0.15, 0.2) is 36.4 Å². The van der Waals surface area contributed by atoms with Gasteiger partial charge in [-0.1, -0.05) is 29.5 Å². The molecule has 0 unspecified atom stereocenters. The molecule has 0 saturated carbocycles. The van der Waals surface area contributed by atoms with E-state index in [4.69, 9.17) is 4.74 Å². The fourth-order valence-corrected chi connectivity index (χ4v) is 1.67.